The molecule has 10 nitrogen and oxygen atoms in total. The number of rotatable bonds is 7. The van der Waals surface area contributed by atoms with Crippen LogP contribution in [0.5, 0.6) is 11.5 Å². The number of aryl methyl sites for hydroxylation is 1. The maximum atomic E-state index is 13.4. The largest absolute Gasteiger partial charge is 0.508 e. The fraction of sp³-hybridized carbons (Fsp3) is 0.405. The maximum absolute atomic E-state index is 13.4. The molecule has 0 saturated carbocycles. The van der Waals surface area contributed by atoms with Crippen LogP contribution in [0.2, 0.25) is 0 Å². The van der Waals surface area contributed by atoms with Gasteiger partial charge in [-0.15, -0.1) is 9.24 Å². The maximum Gasteiger partial charge on any atom is 0.325 e. The van der Waals surface area contributed by atoms with E-state index in [0.29, 0.717) is 69.8 Å². The lowest BCUT2D eigenvalue weighted by Crippen LogP contribution is -2.55. The third-order valence-corrected chi connectivity index (χ3v) is 7.99. The van der Waals surface area contributed by atoms with Crippen molar-refractivity contribution < 1.29 is 19.4 Å². The van der Waals surface area contributed by atoms with Gasteiger partial charge in [-0.1, -0.05) is 54.1 Å². The van der Waals surface area contributed by atoms with Crippen molar-refractivity contribution in [2.45, 2.75) is 46.6 Å². The number of phenolic OH excluding ortho intramolecular Hbond substituents is 1. The molecule has 2 unspecified atom stereocenters. The van der Waals surface area contributed by atoms with Crippen LogP contribution in [-0.4, -0.2) is 96.0 Å². The highest BCUT2D eigenvalue weighted by atomic mass is 31.0. The zero-order valence-corrected chi connectivity index (χ0v) is 29.9. The summed E-state index contributed by atoms with van der Waals surface area (Å²) in [5.41, 5.74) is 2.92. The smallest absolute Gasteiger partial charge is 0.325 e. The SMILES string of the molecule is CCOc1ccc(C(C)C#N)cc1C1=NCCN1C(=O)N1CCN(CC(=O)NC(C)C)CC1.Cc1ccc(P)cc1.Oc1ccccc1. The zero-order chi connectivity index (χ0) is 35.1. The van der Waals surface area contributed by atoms with Gasteiger partial charge in [-0.05, 0) is 69.8 Å². The molecule has 0 aliphatic carbocycles. The Labute approximate surface area is 287 Å². The van der Waals surface area contributed by atoms with Gasteiger partial charge in [0.15, 0.2) is 0 Å². The van der Waals surface area contributed by atoms with Gasteiger partial charge in [0.1, 0.15) is 17.3 Å². The quantitative estimate of drug-likeness (QED) is 0.344. The first-order valence-corrected chi connectivity index (χ1v) is 17.0. The van der Waals surface area contributed by atoms with Crippen molar-refractivity contribution in [3.63, 3.8) is 0 Å². The Hall–Kier alpha value is -4.45. The van der Waals surface area contributed by atoms with Crippen molar-refractivity contribution in [1.82, 2.24) is 20.0 Å². The summed E-state index contributed by atoms with van der Waals surface area (Å²) in [5, 5.41) is 22.1. The van der Waals surface area contributed by atoms with E-state index in [9.17, 15) is 14.9 Å². The van der Waals surface area contributed by atoms with Crippen molar-refractivity contribution in [1.29, 1.82) is 5.26 Å². The van der Waals surface area contributed by atoms with Crippen LogP contribution in [0.3, 0.4) is 0 Å². The molecule has 0 spiro atoms. The molecule has 5 rings (SSSR count). The van der Waals surface area contributed by atoms with Gasteiger partial charge in [-0.3, -0.25) is 19.6 Å². The molecule has 2 aliphatic heterocycles. The number of ether oxygens (including phenoxy) is 1. The first-order valence-electron chi connectivity index (χ1n) is 16.4. The highest BCUT2D eigenvalue weighted by Gasteiger charge is 2.32. The number of carbonyl (C=O) groups is 2. The van der Waals surface area contributed by atoms with Crippen LogP contribution in [0.25, 0.3) is 0 Å². The number of phenols is 1. The number of para-hydroxylation sites is 1. The number of aromatic hydroxyl groups is 1. The highest BCUT2D eigenvalue weighted by Crippen LogP contribution is 2.28. The second-order valence-electron chi connectivity index (χ2n) is 11.9. The van der Waals surface area contributed by atoms with Gasteiger partial charge in [0, 0.05) is 38.8 Å². The second kappa shape index (κ2) is 19.4. The molecular formula is C37H49N6O4P. The lowest BCUT2D eigenvalue weighted by atomic mass is 9.99. The molecule has 11 heteroatoms. The van der Waals surface area contributed by atoms with Crippen molar-refractivity contribution in [2.75, 3.05) is 52.4 Å². The average Bonchev–Trinajstić information content (AvgIpc) is 3.56. The molecule has 2 N–H and O–H groups in total. The number of aliphatic imine (C=N–C) groups is 1. The van der Waals surface area contributed by atoms with Crippen molar-refractivity contribution in [3.05, 3.63) is 89.5 Å². The second-order valence-corrected chi connectivity index (χ2v) is 12.6. The molecule has 1 fully saturated rings. The molecule has 256 valence electrons. The summed E-state index contributed by atoms with van der Waals surface area (Å²) < 4.78 is 5.81. The van der Waals surface area contributed by atoms with Crippen LogP contribution < -0.4 is 15.4 Å². The molecule has 2 heterocycles. The molecule has 0 aromatic heterocycles. The highest BCUT2D eigenvalue weighted by molar-refractivity contribution is 7.27. The molecule has 3 amide bonds. The summed E-state index contributed by atoms with van der Waals surface area (Å²) >= 11 is 0. The Morgan fingerprint density at radius 1 is 1.00 bits per heavy atom. The molecule has 0 radical (unpaired) electrons. The molecule has 48 heavy (non-hydrogen) atoms. The number of nitrogens with one attached hydrogen (secondary N) is 1. The number of hydrogen-bond donors (Lipinski definition) is 2. The predicted molar refractivity (Wildman–Crippen MR) is 195 cm³/mol. The Balaban J connectivity index is 0.000000338. The van der Waals surface area contributed by atoms with Crippen LogP contribution in [0.1, 0.15) is 50.3 Å². The number of amidine groups is 1. The topological polar surface area (TPSA) is 121 Å². The predicted octanol–water partition coefficient (Wildman–Crippen LogP) is 4.92. The number of amides is 3. The van der Waals surface area contributed by atoms with E-state index in [1.165, 1.54) is 10.9 Å². The van der Waals surface area contributed by atoms with E-state index >= 15 is 0 Å². The minimum absolute atomic E-state index is 0.00803. The van der Waals surface area contributed by atoms with Crippen LogP contribution >= 0.6 is 9.24 Å². The Morgan fingerprint density at radius 3 is 2.21 bits per heavy atom. The van der Waals surface area contributed by atoms with Crippen molar-refractivity contribution in [3.8, 4) is 17.6 Å². The van der Waals surface area contributed by atoms with Gasteiger partial charge < -0.3 is 20.1 Å². The van der Waals surface area contributed by atoms with E-state index < -0.39 is 0 Å². The van der Waals surface area contributed by atoms with Crippen LogP contribution in [0.4, 0.5) is 4.79 Å². The van der Waals surface area contributed by atoms with Gasteiger partial charge in [0.05, 0.1) is 37.2 Å². The first-order chi connectivity index (χ1) is 23.0. The minimum Gasteiger partial charge on any atom is -0.508 e. The Morgan fingerprint density at radius 2 is 1.67 bits per heavy atom. The Bertz CT molecular complexity index is 1510. The monoisotopic (exact) mass is 672 g/mol. The summed E-state index contributed by atoms with van der Waals surface area (Å²) in [7, 11) is 2.65. The lowest BCUT2D eigenvalue weighted by molar-refractivity contribution is -0.123. The fourth-order valence-corrected chi connectivity index (χ4v) is 5.24. The number of hydrogen-bond acceptors (Lipinski definition) is 7. The molecule has 3 aromatic carbocycles. The van der Waals surface area contributed by atoms with Crippen LogP contribution in [0.15, 0.2) is 77.8 Å². The number of nitrogens with zero attached hydrogens (tertiary/aromatic N) is 5. The van der Waals surface area contributed by atoms with Gasteiger partial charge in [-0.2, -0.15) is 5.26 Å². The average molecular weight is 673 g/mol. The summed E-state index contributed by atoms with van der Waals surface area (Å²) in [4.78, 5) is 35.6. The third kappa shape index (κ3) is 12.0. The van der Waals surface area contributed by atoms with Crippen molar-refractivity contribution >= 4 is 32.3 Å². The standard InChI is InChI=1S/C24H34N6O3.C7H9P.C6H6O/c1-5-33-21-7-6-19(18(4)15-25)14-20(21)23-26-8-9-30(23)24(32)29-12-10-28(11-13-29)16-22(31)27-17(2)3;1-6-2-4-7(8)5-3-6;7-6-4-2-1-3-5-6/h6-7,14,17-18H,5,8-13,16H2,1-4H3,(H,27,31);2-5H,8H2,1H3;1-5,7H. The van der Waals surface area contributed by atoms with E-state index in [4.69, 9.17) is 9.84 Å². The molecule has 3 aromatic rings. The van der Waals surface area contributed by atoms with Gasteiger partial charge in [0.2, 0.25) is 5.91 Å². The van der Waals surface area contributed by atoms with Crippen LogP contribution in [-0.2, 0) is 4.79 Å². The van der Waals surface area contributed by atoms with E-state index in [1.54, 1.807) is 29.2 Å². The number of piperazine rings is 1. The minimum atomic E-state index is -0.272. The van der Waals surface area contributed by atoms with E-state index in [2.05, 4.69) is 61.7 Å². The molecule has 2 atom stereocenters. The summed E-state index contributed by atoms with van der Waals surface area (Å²) in [6.07, 6.45) is 0. The number of nitriles is 1. The number of carbonyl (C=O) groups excluding carboxylic acids is 2. The van der Waals surface area contributed by atoms with E-state index in [0.717, 1.165) is 11.1 Å². The molecule has 0 bridgehead atoms. The number of urea groups is 1. The van der Waals surface area contributed by atoms with E-state index in [-0.39, 0.29) is 23.9 Å². The van der Waals surface area contributed by atoms with E-state index in [1.807, 2.05) is 56.9 Å². The first kappa shape index (κ1) is 38.0. The lowest BCUT2D eigenvalue weighted by Gasteiger charge is -2.36. The third-order valence-electron chi connectivity index (χ3n) is 7.60. The summed E-state index contributed by atoms with van der Waals surface area (Å²) in [6, 6.07) is 25.0. The van der Waals surface area contributed by atoms with Crippen LogP contribution in [0, 0.1) is 18.3 Å². The fourth-order valence-electron chi connectivity index (χ4n) is 5.04. The van der Waals surface area contributed by atoms with Gasteiger partial charge in [0.25, 0.3) is 0 Å². The van der Waals surface area contributed by atoms with Gasteiger partial charge in [-0.25, -0.2) is 4.79 Å². The normalized spacial score (nSPS) is 14.8. The molecule has 1 saturated heterocycles. The summed E-state index contributed by atoms with van der Waals surface area (Å²) in [6.45, 7) is 14.0. The summed E-state index contributed by atoms with van der Waals surface area (Å²) in [5.74, 6) is 1.31. The molecule has 2 aliphatic rings. The Kier molecular flexibility index (Phi) is 15.4. The molecular weight excluding hydrogens is 623 g/mol. The van der Waals surface area contributed by atoms with Gasteiger partial charge >= 0.3 is 6.03 Å². The zero-order valence-electron chi connectivity index (χ0n) is 28.7. The van der Waals surface area contributed by atoms with Crippen molar-refractivity contribution in [2.24, 2.45) is 4.99 Å². The number of benzene rings is 3.